The van der Waals surface area contributed by atoms with Crippen molar-refractivity contribution in [2.45, 2.75) is 6.92 Å². The first-order valence-electron chi connectivity index (χ1n) is 8.44. The van der Waals surface area contributed by atoms with Gasteiger partial charge >= 0.3 is 11.8 Å². The molecule has 0 atom stereocenters. The number of ether oxygens (including phenoxy) is 2. The fraction of sp³-hybridized carbons (Fsp3) is 0.150. The molecule has 28 heavy (non-hydrogen) atoms. The van der Waals surface area contributed by atoms with E-state index in [1.54, 1.807) is 42.5 Å². The smallest absolute Gasteiger partial charge is 0.329 e. The van der Waals surface area contributed by atoms with E-state index >= 15 is 0 Å². The average Bonchev–Trinajstić information content (AvgIpc) is 2.67. The zero-order valence-electron chi connectivity index (χ0n) is 15.3. The van der Waals surface area contributed by atoms with Crippen LogP contribution in [0.5, 0.6) is 11.5 Å². The van der Waals surface area contributed by atoms with Crippen LogP contribution in [0.2, 0.25) is 5.02 Å². The SMILES string of the molecule is C=CCOc1ccc(C=NNC(=O)C(=O)Nc2cccc(Cl)c2)cc1OCC. The van der Waals surface area contributed by atoms with Crippen molar-refractivity contribution in [1.29, 1.82) is 0 Å². The number of nitrogens with zero attached hydrogens (tertiary/aromatic N) is 1. The fourth-order valence-corrected chi connectivity index (χ4v) is 2.30. The Balaban J connectivity index is 1.97. The second-order valence-electron chi connectivity index (χ2n) is 5.40. The summed E-state index contributed by atoms with van der Waals surface area (Å²) >= 11 is 5.83. The predicted molar refractivity (Wildman–Crippen MR) is 109 cm³/mol. The lowest BCUT2D eigenvalue weighted by Crippen LogP contribution is -2.32. The molecule has 0 aromatic heterocycles. The number of anilines is 1. The summed E-state index contributed by atoms with van der Waals surface area (Å²) in [5, 5.41) is 6.67. The van der Waals surface area contributed by atoms with Gasteiger partial charge in [0.1, 0.15) is 6.61 Å². The number of benzene rings is 2. The summed E-state index contributed by atoms with van der Waals surface area (Å²) < 4.78 is 11.0. The Kier molecular flexibility index (Phi) is 8.05. The summed E-state index contributed by atoms with van der Waals surface area (Å²) in [6.45, 7) is 6.28. The van der Waals surface area contributed by atoms with Gasteiger partial charge in [-0.2, -0.15) is 5.10 Å². The molecule has 2 amide bonds. The molecule has 0 bridgehead atoms. The Hall–Kier alpha value is -3.32. The van der Waals surface area contributed by atoms with E-state index in [9.17, 15) is 9.59 Å². The third-order valence-corrected chi connectivity index (χ3v) is 3.53. The van der Waals surface area contributed by atoms with Crippen molar-refractivity contribution in [1.82, 2.24) is 5.43 Å². The maximum atomic E-state index is 11.9. The second kappa shape index (κ2) is 10.7. The molecule has 0 radical (unpaired) electrons. The molecule has 0 aliphatic heterocycles. The van der Waals surface area contributed by atoms with E-state index in [0.29, 0.717) is 41.0 Å². The van der Waals surface area contributed by atoms with Crippen molar-refractivity contribution < 1.29 is 19.1 Å². The van der Waals surface area contributed by atoms with Crippen LogP contribution in [-0.2, 0) is 9.59 Å². The molecule has 0 fully saturated rings. The minimum Gasteiger partial charge on any atom is -0.490 e. The highest BCUT2D eigenvalue weighted by atomic mass is 35.5. The first kappa shape index (κ1) is 21.0. The number of carbonyl (C=O) groups is 2. The number of nitrogens with one attached hydrogen (secondary N) is 2. The van der Waals surface area contributed by atoms with Gasteiger partial charge in [0.25, 0.3) is 0 Å². The summed E-state index contributed by atoms with van der Waals surface area (Å²) in [5.74, 6) is -0.656. The van der Waals surface area contributed by atoms with Crippen LogP contribution in [0.15, 0.2) is 60.2 Å². The highest BCUT2D eigenvalue weighted by Gasteiger charge is 2.13. The molecule has 2 aromatic carbocycles. The quantitative estimate of drug-likeness (QED) is 0.307. The molecule has 0 aliphatic rings. The van der Waals surface area contributed by atoms with Crippen molar-refractivity contribution in [3.05, 3.63) is 65.7 Å². The van der Waals surface area contributed by atoms with Crippen LogP contribution in [0, 0.1) is 0 Å². The van der Waals surface area contributed by atoms with Gasteiger partial charge in [0.15, 0.2) is 11.5 Å². The normalized spacial score (nSPS) is 10.4. The Morgan fingerprint density at radius 3 is 2.68 bits per heavy atom. The van der Waals surface area contributed by atoms with Gasteiger partial charge in [-0.05, 0) is 48.9 Å². The van der Waals surface area contributed by atoms with Crippen molar-refractivity contribution in [3.8, 4) is 11.5 Å². The number of carbonyl (C=O) groups excluding carboxylic acids is 2. The third-order valence-electron chi connectivity index (χ3n) is 3.29. The van der Waals surface area contributed by atoms with E-state index < -0.39 is 11.8 Å². The Morgan fingerprint density at radius 2 is 1.96 bits per heavy atom. The summed E-state index contributed by atoms with van der Waals surface area (Å²) in [5.41, 5.74) is 3.23. The van der Waals surface area contributed by atoms with E-state index in [1.807, 2.05) is 6.92 Å². The Labute approximate surface area is 168 Å². The van der Waals surface area contributed by atoms with Gasteiger partial charge in [-0.25, -0.2) is 5.43 Å². The molecule has 0 heterocycles. The molecular formula is C20H20ClN3O4. The minimum absolute atomic E-state index is 0.352. The number of hydrogen-bond donors (Lipinski definition) is 2. The van der Waals surface area contributed by atoms with Crippen molar-refractivity contribution in [3.63, 3.8) is 0 Å². The highest BCUT2D eigenvalue weighted by Crippen LogP contribution is 2.28. The van der Waals surface area contributed by atoms with Crippen LogP contribution < -0.4 is 20.2 Å². The topological polar surface area (TPSA) is 89.0 Å². The molecular weight excluding hydrogens is 382 g/mol. The van der Waals surface area contributed by atoms with E-state index in [2.05, 4.69) is 22.4 Å². The Bertz CT molecular complexity index is 884. The number of rotatable bonds is 8. The van der Waals surface area contributed by atoms with Gasteiger partial charge in [-0.15, -0.1) is 0 Å². The van der Waals surface area contributed by atoms with Crippen LogP contribution in [0.25, 0.3) is 0 Å². The van der Waals surface area contributed by atoms with E-state index in [0.717, 1.165) is 0 Å². The maximum absolute atomic E-state index is 11.9. The minimum atomic E-state index is -0.910. The van der Waals surface area contributed by atoms with Crippen LogP contribution in [0.4, 0.5) is 5.69 Å². The summed E-state index contributed by atoms with van der Waals surface area (Å²) in [4.78, 5) is 23.7. The number of hydrogen-bond acceptors (Lipinski definition) is 5. The van der Waals surface area contributed by atoms with Gasteiger partial charge in [-0.3, -0.25) is 9.59 Å². The van der Waals surface area contributed by atoms with Gasteiger partial charge in [0.05, 0.1) is 12.8 Å². The molecule has 0 unspecified atom stereocenters. The maximum Gasteiger partial charge on any atom is 0.329 e. The zero-order valence-corrected chi connectivity index (χ0v) is 16.0. The van der Waals surface area contributed by atoms with Crippen LogP contribution >= 0.6 is 11.6 Å². The molecule has 0 saturated heterocycles. The van der Waals surface area contributed by atoms with E-state index in [1.165, 1.54) is 12.3 Å². The lowest BCUT2D eigenvalue weighted by Gasteiger charge is -2.11. The summed E-state index contributed by atoms with van der Waals surface area (Å²) in [7, 11) is 0. The second-order valence-corrected chi connectivity index (χ2v) is 5.84. The highest BCUT2D eigenvalue weighted by molar-refractivity contribution is 6.39. The van der Waals surface area contributed by atoms with Crippen molar-refractivity contribution in [2.24, 2.45) is 5.10 Å². The standard InChI is InChI=1S/C20H20ClN3O4/c1-3-10-28-17-9-8-14(11-18(17)27-4-2)13-22-24-20(26)19(25)23-16-7-5-6-15(21)12-16/h3,5-9,11-13H,1,4,10H2,2H3,(H,23,25)(H,24,26). The number of halogens is 1. The molecule has 2 aromatic rings. The lowest BCUT2D eigenvalue weighted by molar-refractivity contribution is -0.136. The monoisotopic (exact) mass is 401 g/mol. The molecule has 0 spiro atoms. The van der Waals surface area contributed by atoms with E-state index in [-0.39, 0.29) is 0 Å². The van der Waals surface area contributed by atoms with Crippen LogP contribution in [0.1, 0.15) is 12.5 Å². The molecule has 7 nitrogen and oxygen atoms in total. The molecule has 146 valence electrons. The molecule has 2 rings (SSSR count). The molecule has 0 aliphatic carbocycles. The third kappa shape index (κ3) is 6.44. The molecule has 2 N–H and O–H groups in total. The zero-order chi connectivity index (χ0) is 20.4. The summed E-state index contributed by atoms with van der Waals surface area (Å²) in [6, 6.07) is 11.6. The molecule has 8 heteroatoms. The lowest BCUT2D eigenvalue weighted by atomic mass is 10.2. The first-order valence-corrected chi connectivity index (χ1v) is 8.81. The number of amides is 2. The van der Waals surface area contributed by atoms with Crippen LogP contribution in [-0.4, -0.2) is 31.2 Å². The van der Waals surface area contributed by atoms with Gasteiger partial charge in [0.2, 0.25) is 0 Å². The van der Waals surface area contributed by atoms with Gasteiger partial charge in [0, 0.05) is 10.7 Å². The van der Waals surface area contributed by atoms with Crippen molar-refractivity contribution >= 4 is 35.3 Å². The van der Waals surface area contributed by atoms with Gasteiger partial charge < -0.3 is 14.8 Å². The Morgan fingerprint density at radius 1 is 1.14 bits per heavy atom. The molecule has 0 saturated carbocycles. The van der Waals surface area contributed by atoms with E-state index in [4.69, 9.17) is 21.1 Å². The predicted octanol–water partition coefficient (Wildman–Crippen LogP) is 3.39. The first-order chi connectivity index (χ1) is 13.5. The summed E-state index contributed by atoms with van der Waals surface area (Å²) in [6.07, 6.45) is 3.03. The number of hydrazone groups is 1. The fourth-order valence-electron chi connectivity index (χ4n) is 2.11. The van der Waals surface area contributed by atoms with Crippen molar-refractivity contribution in [2.75, 3.05) is 18.5 Å². The van der Waals surface area contributed by atoms with Gasteiger partial charge in [-0.1, -0.05) is 30.3 Å². The largest absolute Gasteiger partial charge is 0.490 e. The average molecular weight is 402 g/mol. The van der Waals surface area contributed by atoms with Crippen LogP contribution in [0.3, 0.4) is 0 Å².